The molecule has 29 heavy (non-hydrogen) atoms. The van der Waals surface area contributed by atoms with Gasteiger partial charge >= 0.3 is 5.97 Å². The summed E-state index contributed by atoms with van der Waals surface area (Å²) in [6.45, 7) is 0. The van der Waals surface area contributed by atoms with Crippen molar-refractivity contribution in [1.82, 2.24) is 9.78 Å². The Kier molecular flexibility index (Phi) is 5.31. The highest BCUT2D eigenvalue weighted by Gasteiger charge is 2.18. The summed E-state index contributed by atoms with van der Waals surface area (Å²) in [4.78, 5) is 12.7. The van der Waals surface area contributed by atoms with Crippen LogP contribution in [-0.2, 0) is 0 Å². The molecule has 0 aliphatic carbocycles. The summed E-state index contributed by atoms with van der Waals surface area (Å²) in [5.74, 6) is 0.461. The molecule has 0 spiro atoms. The average molecular weight is 405 g/mol. The van der Waals surface area contributed by atoms with Gasteiger partial charge < -0.3 is 9.47 Å². The van der Waals surface area contributed by atoms with Crippen molar-refractivity contribution >= 4 is 17.6 Å². The van der Waals surface area contributed by atoms with Gasteiger partial charge in [0.25, 0.3) is 0 Å². The number of methoxy groups -OCH3 is 1. The second-order valence-electron chi connectivity index (χ2n) is 6.21. The molecule has 144 valence electrons. The summed E-state index contributed by atoms with van der Waals surface area (Å²) >= 11 is 6.14. The van der Waals surface area contributed by atoms with E-state index in [-0.39, 0.29) is 5.56 Å². The van der Waals surface area contributed by atoms with Crippen molar-refractivity contribution in [3.05, 3.63) is 95.5 Å². The minimum absolute atomic E-state index is 0.290. The molecule has 1 aromatic heterocycles. The minimum Gasteiger partial charge on any atom is -0.497 e. The molecule has 0 fully saturated rings. The van der Waals surface area contributed by atoms with Crippen LogP contribution in [-0.4, -0.2) is 22.9 Å². The highest BCUT2D eigenvalue weighted by atomic mass is 35.5. The first-order valence-corrected chi connectivity index (χ1v) is 9.30. The second kappa shape index (κ2) is 8.20. The van der Waals surface area contributed by atoms with E-state index in [9.17, 15) is 4.79 Å². The fourth-order valence-electron chi connectivity index (χ4n) is 2.87. The summed E-state index contributed by atoms with van der Waals surface area (Å²) in [7, 11) is 1.60. The molecule has 0 unspecified atom stereocenters. The molecule has 0 atom stereocenters. The van der Waals surface area contributed by atoms with Crippen LogP contribution in [0.3, 0.4) is 0 Å². The molecule has 0 radical (unpaired) electrons. The van der Waals surface area contributed by atoms with E-state index in [2.05, 4.69) is 5.10 Å². The van der Waals surface area contributed by atoms with Crippen molar-refractivity contribution in [2.45, 2.75) is 0 Å². The first kappa shape index (κ1) is 18.8. The molecule has 4 aromatic rings. The molecule has 4 rings (SSSR count). The molecule has 0 saturated heterocycles. The molecular weight excluding hydrogens is 388 g/mol. The Balaban J connectivity index is 1.75. The van der Waals surface area contributed by atoms with Crippen LogP contribution in [0.2, 0.25) is 5.02 Å². The van der Waals surface area contributed by atoms with E-state index in [0.717, 1.165) is 17.0 Å². The van der Waals surface area contributed by atoms with Crippen LogP contribution in [0.4, 0.5) is 0 Å². The van der Waals surface area contributed by atoms with Crippen LogP contribution >= 0.6 is 11.6 Å². The lowest BCUT2D eigenvalue weighted by Crippen LogP contribution is -2.12. The topological polar surface area (TPSA) is 53.4 Å². The van der Waals surface area contributed by atoms with Crippen molar-refractivity contribution < 1.29 is 14.3 Å². The van der Waals surface area contributed by atoms with E-state index in [0.29, 0.717) is 16.6 Å². The number of aromatic nitrogens is 2. The summed E-state index contributed by atoms with van der Waals surface area (Å²) in [5, 5.41) is 4.97. The lowest BCUT2D eigenvalue weighted by atomic mass is 10.2. The number of carbonyl (C=O) groups excluding carboxylic acids is 1. The third-order valence-corrected chi connectivity index (χ3v) is 4.68. The van der Waals surface area contributed by atoms with Gasteiger partial charge in [-0.1, -0.05) is 54.1 Å². The first-order chi connectivity index (χ1) is 14.2. The van der Waals surface area contributed by atoms with Crippen molar-refractivity contribution in [2.75, 3.05) is 7.11 Å². The lowest BCUT2D eigenvalue weighted by molar-refractivity contribution is 0.0723. The van der Waals surface area contributed by atoms with Crippen LogP contribution in [0.15, 0.2) is 84.9 Å². The van der Waals surface area contributed by atoms with Gasteiger partial charge in [0.05, 0.1) is 29.1 Å². The molecule has 0 aliphatic rings. The molecule has 0 saturated carbocycles. The number of nitrogens with zero attached hydrogens (tertiary/aromatic N) is 2. The number of ether oxygens (including phenoxy) is 2. The minimum atomic E-state index is -0.551. The van der Waals surface area contributed by atoms with Crippen molar-refractivity contribution in [2.24, 2.45) is 0 Å². The van der Waals surface area contributed by atoms with Gasteiger partial charge in [-0.2, -0.15) is 9.78 Å². The van der Waals surface area contributed by atoms with E-state index < -0.39 is 5.97 Å². The maximum atomic E-state index is 12.7. The molecule has 0 bridgehead atoms. The molecule has 1 heterocycles. The quantitative estimate of drug-likeness (QED) is 0.417. The third-order valence-electron chi connectivity index (χ3n) is 4.35. The Morgan fingerprint density at radius 3 is 2.31 bits per heavy atom. The van der Waals surface area contributed by atoms with E-state index in [1.165, 1.54) is 0 Å². The van der Waals surface area contributed by atoms with Gasteiger partial charge in [-0.15, -0.1) is 0 Å². The zero-order chi connectivity index (χ0) is 20.2. The zero-order valence-electron chi connectivity index (χ0n) is 15.6. The van der Waals surface area contributed by atoms with Gasteiger partial charge in [-0.05, 0) is 36.4 Å². The van der Waals surface area contributed by atoms with Crippen molar-refractivity contribution in [3.8, 4) is 28.6 Å². The summed E-state index contributed by atoms with van der Waals surface area (Å²) in [5.41, 5.74) is 2.62. The first-order valence-electron chi connectivity index (χ1n) is 8.92. The molecular formula is C23H17ClN2O3. The predicted octanol–water partition coefficient (Wildman–Crippen LogP) is 5.42. The van der Waals surface area contributed by atoms with Crippen LogP contribution in [0.5, 0.6) is 11.6 Å². The van der Waals surface area contributed by atoms with E-state index in [4.69, 9.17) is 21.1 Å². The Morgan fingerprint density at radius 2 is 1.62 bits per heavy atom. The molecule has 3 aromatic carbocycles. The maximum absolute atomic E-state index is 12.7. The van der Waals surface area contributed by atoms with Gasteiger partial charge in [0.15, 0.2) is 0 Å². The highest BCUT2D eigenvalue weighted by molar-refractivity contribution is 6.33. The molecule has 0 N–H and O–H groups in total. The lowest BCUT2D eigenvalue weighted by Gasteiger charge is -2.09. The van der Waals surface area contributed by atoms with Crippen LogP contribution in [0.1, 0.15) is 10.4 Å². The largest absolute Gasteiger partial charge is 0.497 e. The smallest absolute Gasteiger partial charge is 0.346 e. The number of hydrogen-bond acceptors (Lipinski definition) is 4. The third kappa shape index (κ3) is 4.00. The zero-order valence-corrected chi connectivity index (χ0v) is 16.3. The van der Waals surface area contributed by atoms with Gasteiger partial charge in [-0.25, -0.2) is 4.79 Å². The number of carbonyl (C=O) groups is 1. The molecule has 6 heteroatoms. The van der Waals surface area contributed by atoms with Gasteiger partial charge in [0.2, 0.25) is 5.88 Å². The highest BCUT2D eigenvalue weighted by Crippen LogP contribution is 2.28. The fourth-order valence-corrected chi connectivity index (χ4v) is 3.08. The van der Waals surface area contributed by atoms with Gasteiger partial charge in [0.1, 0.15) is 5.75 Å². The molecule has 0 aliphatic heterocycles. The average Bonchev–Trinajstić information content (AvgIpc) is 3.18. The van der Waals surface area contributed by atoms with E-state index in [1.807, 2.05) is 54.6 Å². The van der Waals surface area contributed by atoms with E-state index in [1.54, 1.807) is 42.1 Å². The summed E-state index contributed by atoms with van der Waals surface area (Å²) in [6, 6.07) is 25.5. The van der Waals surface area contributed by atoms with Gasteiger partial charge in [0, 0.05) is 11.6 Å². The summed E-state index contributed by atoms with van der Waals surface area (Å²) < 4.78 is 12.5. The number of esters is 1. The van der Waals surface area contributed by atoms with Crippen LogP contribution < -0.4 is 9.47 Å². The molecule has 0 amide bonds. The summed E-state index contributed by atoms with van der Waals surface area (Å²) in [6.07, 6.45) is 0. The Hall–Kier alpha value is -3.57. The standard InChI is InChI=1S/C23H17ClN2O3/c1-28-18-13-11-17(12-14-18)26-22(15-21(25-26)16-7-3-2-4-8-16)29-23(27)19-9-5-6-10-20(19)24/h2-15H,1H3. The predicted molar refractivity (Wildman–Crippen MR) is 112 cm³/mol. The molecule has 5 nitrogen and oxygen atoms in total. The number of hydrogen-bond donors (Lipinski definition) is 0. The SMILES string of the molecule is COc1ccc(-n2nc(-c3ccccc3)cc2OC(=O)c2ccccc2Cl)cc1. The second-order valence-corrected chi connectivity index (χ2v) is 6.62. The van der Waals surface area contributed by atoms with E-state index >= 15 is 0 Å². The Labute approximate surface area is 173 Å². The number of rotatable bonds is 5. The van der Waals surface area contributed by atoms with Crippen LogP contribution in [0, 0.1) is 0 Å². The van der Waals surface area contributed by atoms with Crippen LogP contribution in [0.25, 0.3) is 16.9 Å². The van der Waals surface area contributed by atoms with Crippen molar-refractivity contribution in [1.29, 1.82) is 0 Å². The van der Waals surface area contributed by atoms with Crippen molar-refractivity contribution in [3.63, 3.8) is 0 Å². The number of halogens is 1. The normalized spacial score (nSPS) is 10.6. The maximum Gasteiger partial charge on any atom is 0.346 e. The Morgan fingerprint density at radius 1 is 0.931 bits per heavy atom. The fraction of sp³-hybridized carbons (Fsp3) is 0.0435. The Bertz CT molecular complexity index is 1140. The monoisotopic (exact) mass is 404 g/mol. The van der Waals surface area contributed by atoms with Gasteiger partial charge in [-0.3, -0.25) is 0 Å². The number of benzene rings is 3.